The van der Waals surface area contributed by atoms with Gasteiger partial charge in [0.25, 0.3) is 0 Å². The quantitative estimate of drug-likeness (QED) is 0.256. The molecule has 4 aromatic rings. The Morgan fingerprint density at radius 2 is 1.82 bits per heavy atom. The summed E-state index contributed by atoms with van der Waals surface area (Å²) in [6, 6.07) is 14.6. The summed E-state index contributed by atoms with van der Waals surface area (Å²) < 4.78 is 38.7. The zero-order valence-electron chi connectivity index (χ0n) is 18.3. The number of hydrogen-bond acceptors (Lipinski definition) is 6. The lowest BCUT2D eigenvalue weighted by atomic mass is 10.1. The minimum Gasteiger partial charge on any atom is -0.354 e. The van der Waals surface area contributed by atoms with Crippen molar-refractivity contribution in [3.05, 3.63) is 83.3 Å². The van der Waals surface area contributed by atoms with E-state index in [1.807, 2.05) is 13.0 Å². The van der Waals surface area contributed by atoms with E-state index in [0.717, 1.165) is 28.7 Å². The smallest absolute Gasteiger partial charge is 0.354 e. The monoisotopic (exact) mass is 462 g/mol. The number of nitrogens with zero attached hydrogens (tertiary/aromatic N) is 4. The number of para-hydroxylation sites is 1. The topological polar surface area (TPSA) is 75.1 Å². The lowest BCUT2D eigenvalue weighted by molar-refractivity contribution is -0.137. The molecule has 1 aliphatic carbocycles. The maximum atomic E-state index is 12.9. The summed E-state index contributed by atoms with van der Waals surface area (Å²) >= 11 is 0. The van der Waals surface area contributed by atoms with Crippen LogP contribution in [0.3, 0.4) is 0 Å². The summed E-state index contributed by atoms with van der Waals surface area (Å²) in [5, 5.41) is 8.17. The third kappa shape index (κ3) is 4.83. The molecule has 0 bridgehead atoms. The average molecular weight is 462 g/mol. The van der Waals surface area contributed by atoms with Crippen LogP contribution in [0.1, 0.15) is 41.3 Å². The van der Waals surface area contributed by atoms with Gasteiger partial charge in [-0.1, -0.05) is 24.3 Å². The number of hydrogen-bond donors (Lipinski definition) is 2. The van der Waals surface area contributed by atoms with Crippen molar-refractivity contribution in [2.24, 2.45) is 5.10 Å². The van der Waals surface area contributed by atoms with Crippen molar-refractivity contribution in [3.63, 3.8) is 0 Å². The Balaban J connectivity index is 1.27. The second-order valence-corrected chi connectivity index (χ2v) is 8.20. The predicted octanol–water partition coefficient (Wildman–Crippen LogP) is 6.42. The molecular weight excluding hydrogens is 441 g/mol. The molecule has 2 heterocycles. The Hall–Kier alpha value is -4.01. The summed E-state index contributed by atoms with van der Waals surface area (Å²) in [6.07, 6.45) is 1.04. The van der Waals surface area contributed by atoms with E-state index in [4.69, 9.17) is 0 Å². The molecule has 0 radical (unpaired) electrons. The van der Waals surface area contributed by atoms with Gasteiger partial charge in [0.15, 0.2) is 0 Å². The minimum atomic E-state index is -4.39. The number of pyridine rings is 1. The Bertz CT molecular complexity index is 1360. The van der Waals surface area contributed by atoms with Crippen molar-refractivity contribution < 1.29 is 13.2 Å². The third-order valence-electron chi connectivity index (χ3n) is 5.59. The summed E-state index contributed by atoms with van der Waals surface area (Å²) in [6.45, 7) is 1.95. The minimum absolute atomic E-state index is 0.328. The standard InChI is InChI=1S/C25H21F3N6/c1-15-21-6-3-7-22(16-8-9-16)23(21)33-24(31-15)34-30-14-19-10-11-20(13-29-19)32-18-5-2-4-17(12-18)25(26,27)28/h2-7,10-14,16,32H,8-9H2,1H3,(H,31,33,34)/b30-14+. The van der Waals surface area contributed by atoms with Crippen LogP contribution in [0.2, 0.25) is 0 Å². The maximum absolute atomic E-state index is 12.9. The Labute approximate surface area is 194 Å². The van der Waals surface area contributed by atoms with E-state index in [1.54, 1.807) is 18.2 Å². The van der Waals surface area contributed by atoms with Gasteiger partial charge in [0.05, 0.1) is 40.6 Å². The van der Waals surface area contributed by atoms with E-state index in [2.05, 4.69) is 42.9 Å². The first-order valence-corrected chi connectivity index (χ1v) is 10.8. The zero-order valence-corrected chi connectivity index (χ0v) is 18.3. The molecule has 1 fully saturated rings. The van der Waals surface area contributed by atoms with Crippen LogP contribution in [-0.4, -0.2) is 21.2 Å². The van der Waals surface area contributed by atoms with Crippen molar-refractivity contribution in [3.8, 4) is 0 Å². The maximum Gasteiger partial charge on any atom is 0.416 e. The molecule has 172 valence electrons. The number of rotatable bonds is 6. The van der Waals surface area contributed by atoms with E-state index in [1.165, 1.54) is 36.9 Å². The summed E-state index contributed by atoms with van der Waals surface area (Å²) in [5.74, 6) is 0.985. The van der Waals surface area contributed by atoms with Crippen LogP contribution in [0.15, 0.2) is 65.9 Å². The number of aromatic nitrogens is 3. The van der Waals surface area contributed by atoms with Crippen molar-refractivity contribution in [2.75, 3.05) is 10.7 Å². The Kier molecular flexibility index (Phi) is 5.61. The number of fused-ring (bicyclic) bond motifs is 1. The second kappa shape index (κ2) is 8.74. The van der Waals surface area contributed by atoms with Gasteiger partial charge >= 0.3 is 6.18 Å². The molecule has 34 heavy (non-hydrogen) atoms. The van der Waals surface area contributed by atoms with Gasteiger partial charge in [0.2, 0.25) is 5.95 Å². The molecule has 2 N–H and O–H groups in total. The highest BCUT2D eigenvalue weighted by molar-refractivity contribution is 5.85. The Morgan fingerprint density at radius 3 is 2.56 bits per heavy atom. The van der Waals surface area contributed by atoms with Crippen molar-refractivity contribution >= 4 is 34.4 Å². The van der Waals surface area contributed by atoms with Crippen LogP contribution in [0.25, 0.3) is 10.9 Å². The van der Waals surface area contributed by atoms with E-state index >= 15 is 0 Å². The summed E-state index contributed by atoms with van der Waals surface area (Å²) in [4.78, 5) is 13.4. The molecule has 2 aromatic carbocycles. The van der Waals surface area contributed by atoms with Gasteiger partial charge in [-0.05, 0) is 61.6 Å². The number of hydrazone groups is 1. The molecule has 6 nitrogen and oxygen atoms in total. The largest absolute Gasteiger partial charge is 0.416 e. The average Bonchev–Trinajstić information content (AvgIpc) is 3.65. The number of alkyl halides is 3. The van der Waals surface area contributed by atoms with Gasteiger partial charge < -0.3 is 5.32 Å². The molecule has 0 atom stereocenters. The molecule has 0 amide bonds. The van der Waals surface area contributed by atoms with Crippen LogP contribution < -0.4 is 10.7 Å². The number of halogens is 3. The van der Waals surface area contributed by atoms with Gasteiger partial charge in [0, 0.05) is 11.1 Å². The van der Waals surface area contributed by atoms with Gasteiger partial charge in [-0.15, -0.1) is 0 Å². The molecule has 1 saturated carbocycles. The number of aryl methyl sites for hydroxylation is 1. The van der Waals surface area contributed by atoms with Crippen LogP contribution in [0.5, 0.6) is 0 Å². The zero-order chi connectivity index (χ0) is 23.7. The molecular formula is C25H21F3N6. The fourth-order valence-electron chi connectivity index (χ4n) is 3.75. The highest BCUT2D eigenvalue weighted by Gasteiger charge is 2.30. The Morgan fingerprint density at radius 1 is 1.00 bits per heavy atom. The molecule has 9 heteroatoms. The fraction of sp³-hybridized carbons (Fsp3) is 0.200. The molecule has 5 rings (SSSR count). The fourth-order valence-corrected chi connectivity index (χ4v) is 3.75. The highest BCUT2D eigenvalue weighted by atomic mass is 19.4. The van der Waals surface area contributed by atoms with E-state index < -0.39 is 11.7 Å². The SMILES string of the molecule is Cc1nc(N/N=C/c2ccc(Nc3cccc(C(F)(F)F)c3)cn2)nc2c(C3CC3)cccc12. The molecule has 2 aromatic heterocycles. The first kappa shape index (κ1) is 21.8. The molecule has 0 aliphatic heterocycles. The van der Waals surface area contributed by atoms with Gasteiger partial charge in [-0.3, -0.25) is 4.98 Å². The van der Waals surface area contributed by atoms with Crippen molar-refractivity contribution in [1.29, 1.82) is 0 Å². The predicted molar refractivity (Wildman–Crippen MR) is 126 cm³/mol. The molecule has 0 spiro atoms. The second-order valence-electron chi connectivity index (χ2n) is 8.20. The summed E-state index contributed by atoms with van der Waals surface area (Å²) in [5.41, 5.74) is 6.71. The number of anilines is 3. The van der Waals surface area contributed by atoms with Crippen molar-refractivity contribution in [2.45, 2.75) is 31.9 Å². The number of nitrogens with one attached hydrogen (secondary N) is 2. The van der Waals surface area contributed by atoms with Crippen LogP contribution in [0, 0.1) is 6.92 Å². The molecule has 0 saturated heterocycles. The molecule has 1 aliphatic rings. The van der Waals surface area contributed by atoms with Crippen LogP contribution in [0.4, 0.5) is 30.5 Å². The van der Waals surface area contributed by atoms with Crippen LogP contribution >= 0.6 is 0 Å². The van der Waals surface area contributed by atoms with Gasteiger partial charge in [-0.25, -0.2) is 15.4 Å². The normalized spacial score (nSPS) is 14.0. The van der Waals surface area contributed by atoms with Gasteiger partial charge in [0.1, 0.15) is 0 Å². The van der Waals surface area contributed by atoms with E-state index in [-0.39, 0.29) is 0 Å². The molecule has 0 unspecified atom stereocenters. The van der Waals surface area contributed by atoms with E-state index in [0.29, 0.717) is 28.9 Å². The highest BCUT2D eigenvalue weighted by Crippen LogP contribution is 2.43. The third-order valence-corrected chi connectivity index (χ3v) is 5.59. The van der Waals surface area contributed by atoms with Crippen LogP contribution in [-0.2, 0) is 6.18 Å². The number of benzene rings is 2. The lowest BCUT2D eigenvalue weighted by Crippen LogP contribution is -2.05. The lowest BCUT2D eigenvalue weighted by Gasteiger charge is -2.10. The van der Waals surface area contributed by atoms with Gasteiger partial charge in [-0.2, -0.15) is 18.3 Å². The van der Waals surface area contributed by atoms with Crippen molar-refractivity contribution in [1.82, 2.24) is 15.0 Å². The summed E-state index contributed by atoms with van der Waals surface area (Å²) in [7, 11) is 0. The first-order valence-electron chi connectivity index (χ1n) is 10.8. The first-order chi connectivity index (χ1) is 16.4. The van der Waals surface area contributed by atoms with E-state index in [9.17, 15) is 13.2 Å².